The van der Waals surface area contributed by atoms with Gasteiger partial charge in [-0.05, 0) is 42.7 Å². The van der Waals surface area contributed by atoms with Gasteiger partial charge in [0.05, 0.1) is 22.1 Å². The summed E-state index contributed by atoms with van der Waals surface area (Å²) in [6.07, 6.45) is 9.15. The highest BCUT2D eigenvalue weighted by Crippen LogP contribution is 2.30. The Morgan fingerprint density at radius 1 is 1.15 bits per heavy atom. The predicted molar refractivity (Wildman–Crippen MR) is 111 cm³/mol. The maximum atomic E-state index is 6.04. The normalized spacial score (nSPS) is 15.6. The molecule has 0 radical (unpaired) electrons. The molecule has 3 heterocycles. The van der Waals surface area contributed by atoms with Crippen molar-refractivity contribution in [3.63, 3.8) is 0 Å². The first kappa shape index (κ1) is 17.0. The van der Waals surface area contributed by atoms with Crippen molar-refractivity contribution in [2.75, 3.05) is 5.32 Å². The Morgan fingerprint density at radius 2 is 2.04 bits per heavy atom. The smallest absolute Gasteiger partial charge is 0.184 e. The lowest BCUT2D eigenvalue weighted by molar-refractivity contribution is 0.462. The number of rotatable bonds is 4. The van der Waals surface area contributed by atoms with Crippen LogP contribution in [0.2, 0.25) is 5.15 Å². The molecular weight excluding hydrogens is 378 g/mol. The zero-order valence-corrected chi connectivity index (χ0v) is 16.4. The van der Waals surface area contributed by atoms with Gasteiger partial charge in [0.25, 0.3) is 0 Å². The van der Waals surface area contributed by atoms with Gasteiger partial charge in [0.15, 0.2) is 10.8 Å². The number of aromatic nitrogens is 4. The number of fused-ring (bicyclic) bond motifs is 2. The Labute approximate surface area is 166 Å². The van der Waals surface area contributed by atoms with Gasteiger partial charge in [0, 0.05) is 12.5 Å². The van der Waals surface area contributed by atoms with Crippen LogP contribution in [0.4, 0.5) is 5.13 Å². The first-order valence-electron chi connectivity index (χ1n) is 9.40. The summed E-state index contributed by atoms with van der Waals surface area (Å²) in [6.45, 7) is 0. The molecule has 27 heavy (non-hydrogen) atoms. The van der Waals surface area contributed by atoms with E-state index in [1.807, 2.05) is 16.8 Å². The van der Waals surface area contributed by atoms with Crippen LogP contribution in [0.15, 0.2) is 36.5 Å². The second-order valence-corrected chi connectivity index (χ2v) is 8.57. The molecule has 0 amide bonds. The lowest BCUT2D eigenvalue weighted by Crippen LogP contribution is -2.21. The maximum Gasteiger partial charge on any atom is 0.184 e. The zero-order valence-electron chi connectivity index (χ0n) is 14.9. The molecule has 1 N–H and O–H groups in total. The Bertz CT molecular complexity index is 1100. The molecule has 138 valence electrons. The van der Waals surface area contributed by atoms with E-state index in [4.69, 9.17) is 16.6 Å². The molecule has 4 aromatic rings. The van der Waals surface area contributed by atoms with E-state index in [0.29, 0.717) is 11.2 Å². The second-order valence-electron chi connectivity index (χ2n) is 7.15. The van der Waals surface area contributed by atoms with E-state index in [1.165, 1.54) is 42.4 Å². The minimum absolute atomic E-state index is 0.470. The van der Waals surface area contributed by atoms with E-state index in [9.17, 15) is 0 Å². The third-order valence-corrected chi connectivity index (χ3v) is 6.32. The van der Waals surface area contributed by atoms with Gasteiger partial charge in [-0.25, -0.2) is 14.5 Å². The zero-order chi connectivity index (χ0) is 18.2. The van der Waals surface area contributed by atoms with E-state index in [-0.39, 0.29) is 0 Å². The lowest BCUT2D eigenvalue weighted by atomic mass is 9.96. The van der Waals surface area contributed by atoms with Crippen LogP contribution in [-0.2, 0) is 6.42 Å². The fourth-order valence-electron chi connectivity index (χ4n) is 3.79. The molecule has 5 nitrogen and oxygen atoms in total. The van der Waals surface area contributed by atoms with Crippen LogP contribution in [0.5, 0.6) is 0 Å². The molecule has 0 unspecified atom stereocenters. The molecule has 0 spiro atoms. The summed E-state index contributed by atoms with van der Waals surface area (Å²) in [7, 11) is 0. The molecule has 1 saturated carbocycles. The van der Waals surface area contributed by atoms with E-state index < -0.39 is 0 Å². The molecular formula is C20H20ClN5S. The third-order valence-electron chi connectivity index (χ3n) is 5.17. The molecule has 0 saturated heterocycles. The highest BCUT2D eigenvalue weighted by molar-refractivity contribution is 7.22. The average molecular weight is 398 g/mol. The molecule has 1 aliphatic rings. The van der Waals surface area contributed by atoms with Gasteiger partial charge < -0.3 is 5.32 Å². The van der Waals surface area contributed by atoms with Gasteiger partial charge >= 0.3 is 0 Å². The summed E-state index contributed by atoms with van der Waals surface area (Å²) in [4.78, 5) is 9.18. The number of hydrogen-bond donors (Lipinski definition) is 1. The summed E-state index contributed by atoms with van der Waals surface area (Å²) in [5, 5.41) is 9.51. The minimum Gasteiger partial charge on any atom is -0.359 e. The topological polar surface area (TPSA) is 55.1 Å². The number of nitrogens with zero attached hydrogens (tertiary/aromatic N) is 4. The minimum atomic E-state index is 0.470. The van der Waals surface area contributed by atoms with Gasteiger partial charge in [-0.3, -0.25) is 0 Å². The van der Waals surface area contributed by atoms with Crippen molar-refractivity contribution in [1.82, 2.24) is 19.6 Å². The number of benzene rings is 1. The molecule has 5 rings (SSSR count). The lowest BCUT2D eigenvalue weighted by Gasteiger charge is -2.22. The first-order valence-corrected chi connectivity index (χ1v) is 10.6. The SMILES string of the molecule is Clc1ccc2ncc(Cc3ccc4nc(NC5CCCCC5)sc4c3)n2n1. The van der Waals surface area contributed by atoms with Crippen LogP contribution in [0.25, 0.3) is 15.9 Å². The number of hydrogen-bond acceptors (Lipinski definition) is 5. The van der Waals surface area contributed by atoms with Gasteiger partial charge in [-0.15, -0.1) is 0 Å². The quantitative estimate of drug-likeness (QED) is 0.505. The van der Waals surface area contributed by atoms with E-state index >= 15 is 0 Å². The Morgan fingerprint density at radius 3 is 2.93 bits per heavy atom. The highest BCUT2D eigenvalue weighted by Gasteiger charge is 2.15. The van der Waals surface area contributed by atoms with Gasteiger partial charge in [-0.2, -0.15) is 5.10 Å². The number of thiazole rings is 1. The monoisotopic (exact) mass is 397 g/mol. The fraction of sp³-hybridized carbons (Fsp3) is 0.350. The number of nitrogens with one attached hydrogen (secondary N) is 1. The van der Waals surface area contributed by atoms with E-state index in [1.54, 1.807) is 17.4 Å². The van der Waals surface area contributed by atoms with Crippen molar-refractivity contribution in [1.29, 1.82) is 0 Å². The molecule has 1 aliphatic carbocycles. The fourth-order valence-corrected chi connectivity index (χ4v) is 4.94. The van der Waals surface area contributed by atoms with Gasteiger partial charge in [-0.1, -0.05) is 48.3 Å². The number of imidazole rings is 1. The van der Waals surface area contributed by atoms with Crippen molar-refractivity contribution in [3.05, 3.63) is 52.9 Å². The van der Waals surface area contributed by atoms with Crippen molar-refractivity contribution >= 4 is 43.9 Å². The van der Waals surface area contributed by atoms with Crippen LogP contribution in [-0.4, -0.2) is 25.6 Å². The van der Waals surface area contributed by atoms with Crippen molar-refractivity contribution < 1.29 is 0 Å². The average Bonchev–Trinajstić information content (AvgIpc) is 3.26. The summed E-state index contributed by atoms with van der Waals surface area (Å²) in [5.41, 5.74) is 4.12. The molecule has 1 fully saturated rings. The van der Waals surface area contributed by atoms with E-state index in [0.717, 1.165) is 28.4 Å². The number of halogens is 1. The summed E-state index contributed by atoms with van der Waals surface area (Å²) < 4.78 is 3.03. The van der Waals surface area contributed by atoms with Crippen LogP contribution in [0, 0.1) is 0 Å². The molecule has 0 aliphatic heterocycles. The van der Waals surface area contributed by atoms with Crippen LogP contribution in [0.1, 0.15) is 43.4 Å². The molecule has 1 aromatic carbocycles. The Kier molecular flexibility index (Phi) is 4.45. The second kappa shape index (κ2) is 7.09. The van der Waals surface area contributed by atoms with Crippen molar-refractivity contribution in [2.24, 2.45) is 0 Å². The number of anilines is 1. The van der Waals surface area contributed by atoms with Crippen LogP contribution < -0.4 is 5.32 Å². The first-order chi connectivity index (χ1) is 13.2. The van der Waals surface area contributed by atoms with E-state index in [2.05, 4.69) is 33.6 Å². The Hall–Kier alpha value is -2.18. The van der Waals surface area contributed by atoms with Crippen molar-refractivity contribution in [3.8, 4) is 0 Å². The maximum absolute atomic E-state index is 6.04. The third kappa shape index (κ3) is 3.51. The summed E-state index contributed by atoms with van der Waals surface area (Å²) in [5.74, 6) is 0. The molecule has 7 heteroatoms. The highest BCUT2D eigenvalue weighted by atomic mass is 35.5. The summed E-state index contributed by atoms with van der Waals surface area (Å²) >= 11 is 7.78. The van der Waals surface area contributed by atoms with Crippen LogP contribution in [0.3, 0.4) is 0 Å². The largest absolute Gasteiger partial charge is 0.359 e. The van der Waals surface area contributed by atoms with Gasteiger partial charge in [0.2, 0.25) is 0 Å². The van der Waals surface area contributed by atoms with Gasteiger partial charge in [0.1, 0.15) is 5.15 Å². The standard InChI is InChI=1S/C20H20ClN5S/c21-18-8-9-19-22-12-15(26(19)25-18)10-13-6-7-16-17(11-13)27-20(24-16)23-14-4-2-1-3-5-14/h6-9,11-12,14H,1-5,10H2,(H,23,24). The van der Waals surface area contributed by atoms with Crippen LogP contribution >= 0.6 is 22.9 Å². The molecule has 0 bridgehead atoms. The summed E-state index contributed by atoms with van der Waals surface area (Å²) in [6, 6.07) is 10.7. The molecule has 3 aromatic heterocycles. The Balaban J connectivity index is 1.39. The van der Waals surface area contributed by atoms with Crippen molar-refractivity contribution in [2.45, 2.75) is 44.6 Å². The molecule has 0 atom stereocenters. The predicted octanol–water partition coefficient (Wildman–Crippen LogP) is 5.33.